The van der Waals surface area contributed by atoms with Crippen LogP contribution in [0.5, 0.6) is 0 Å². The van der Waals surface area contributed by atoms with Crippen molar-refractivity contribution in [2.45, 2.75) is 58.8 Å². The van der Waals surface area contributed by atoms with Crippen LogP contribution in [-0.2, 0) is 6.42 Å². The lowest BCUT2D eigenvalue weighted by molar-refractivity contribution is 0.735. The fourth-order valence-corrected chi connectivity index (χ4v) is 5.25. The average molecular weight is 430 g/mol. The Bertz CT molecular complexity index is 1190. The zero-order chi connectivity index (χ0) is 22.9. The van der Waals surface area contributed by atoms with Crippen molar-refractivity contribution < 1.29 is 0 Å². The van der Waals surface area contributed by atoms with E-state index in [4.69, 9.17) is 0 Å². The normalized spacial score (nSPS) is 13.9. The Morgan fingerprint density at radius 1 is 0.667 bits per heavy atom. The highest BCUT2D eigenvalue weighted by Gasteiger charge is 2.21. The SMILES string of the molecule is CCC(C)c1ccccc1-c1[c]c2c(cc1)-c1ccc(-c3ccccc3C(C)CC)cc1C2. The molecule has 4 aromatic carbocycles. The van der Waals surface area contributed by atoms with Gasteiger partial charge in [-0.1, -0.05) is 107 Å². The van der Waals surface area contributed by atoms with E-state index >= 15 is 0 Å². The Morgan fingerprint density at radius 3 is 1.97 bits per heavy atom. The summed E-state index contributed by atoms with van der Waals surface area (Å²) in [6, 6.07) is 33.2. The van der Waals surface area contributed by atoms with Gasteiger partial charge in [0.15, 0.2) is 0 Å². The summed E-state index contributed by atoms with van der Waals surface area (Å²) in [6.07, 6.45) is 3.26. The standard InChI is InChI=1S/C33H33/c1-5-22(3)28-11-7-9-13-30(28)24-15-17-32-26(19-24)21-27-20-25(16-18-33(27)32)31-14-10-8-12-29(31)23(4)6-2/h7-19,22-23H,5-6,21H2,1-4H3. The van der Waals surface area contributed by atoms with Crippen molar-refractivity contribution >= 4 is 0 Å². The summed E-state index contributed by atoms with van der Waals surface area (Å²) in [7, 11) is 0. The van der Waals surface area contributed by atoms with E-state index in [0.717, 1.165) is 19.3 Å². The second-order valence-corrected chi connectivity index (χ2v) is 9.61. The minimum Gasteiger partial charge on any atom is -0.0648 e. The lowest BCUT2D eigenvalue weighted by Gasteiger charge is -2.16. The van der Waals surface area contributed by atoms with E-state index in [0.29, 0.717) is 11.8 Å². The summed E-state index contributed by atoms with van der Waals surface area (Å²) in [5, 5.41) is 0. The maximum absolute atomic E-state index is 3.81. The predicted molar refractivity (Wildman–Crippen MR) is 142 cm³/mol. The molecule has 5 rings (SSSR count). The molecule has 1 radical (unpaired) electrons. The molecule has 1 aliphatic carbocycles. The van der Waals surface area contributed by atoms with Crippen molar-refractivity contribution in [2.75, 3.05) is 0 Å². The Morgan fingerprint density at radius 2 is 1.27 bits per heavy atom. The first kappa shape index (κ1) is 21.7. The first-order valence-corrected chi connectivity index (χ1v) is 12.5. The van der Waals surface area contributed by atoms with Crippen LogP contribution in [-0.4, -0.2) is 0 Å². The van der Waals surface area contributed by atoms with Gasteiger partial charge in [-0.25, -0.2) is 0 Å². The monoisotopic (exact) mass is 429 g/mol. The van der Waals surface area contributed by atoms with Crippen LogP contribution in [0, 0.1) is 6.07 Å². The predicted octanol–water partition coefficient (Wildman–Crippen LogP) is 9.42. The maximum atomic E-state index is 3.81. The molecule has 0 aliphatic heterocycles. The molecule has 0 heterocycles. The first-order valence-electron chi connectivity index (χ1n) is 12.5. The number of hydrogen-bond acceptors (Lipinski definition) is 0. The summed E-state index contributed by atoms with van der Waals surface area (Å²) >= 11 is 0. The molecule has 2 unspecified atom stereocenters. The molecular weight excluding hydrogens is 396 g/mol. The molecule has 33 heavy (non-hydrogen) atoms. The molecule has 0 saturated heterocycles. The van der Waals surface area contributed by atoms with Gasteiger partial charge < -0.3 is 0 Å². The minimum absolute atomic E-state index is 0.549. The molecule has 0 spiro atoms. The molecule has 0 heteroatoms. The zero-order valence-corrected chi connectivity index (χ0v) is 20.3. The number of fused-ring (bicyclic) bond motifs is 3. The summed E-state index contributed by atoms with van der Waals surface area (Å²) in [6.45, 7) is 9.19. The molecule has 1 aliphatic rings. The summed E-state index contributed by atoms with van der Waals surface area (Å²) < 4.78 is 0. The van der Waals surface area contributed by atoms with Crippen LogP contribution in [0.25, 0.3) is 33.4 Å². The molecule has 4 aromatic rings. The van der Waals surface area contributed by atoms with Crippen LogP contribution in [0.1, 0.15) is 74.6 Å². The van der Waals surface area contributed by atoms with Crippen molar-refractivity contribution in [3.8, 4) is 33.4 Å². The Hall–Kier alpha value is -3.12. The minimum atomic E-state index is 0.549. The van der Waals surface area contributed by atoms with E-state index in [2.05, 4.69) is 113 Å². The van der Waals surface area contributed by atoms with Gasteiger partial charge in [0.25, 0.3) is 0 Å². The van der Waals surface area contributed by atoms with Crippen molar-refractivity contribution in [2.24, 2.45) is 0 Å². The van der Waals surface area contributed by atoms with Crippen LogP contribution in [0.4, 0.5) is 0 Å². The van der Waals surface area contributed by atoms with Crippen molar-refractivity contribution in [3.63, 3.8) is 0 Å². The second-order valence-electron chi connectivity index (χ2n) is 9.61. The van der Waals surface area contributed by atoms with Crippen LogP contribution in [0.3, 0.4) is 0 Å². The van der Waals surface area contributed by atoms with E-state index in [1.807, 2.05) is 0 Å². The van der Waals surface area contributed by atoms with Crippen LogP contribution < -0.4 is 0 Å². The van der Waals surface area contributed by atoms with Gasteiger partial charge in [-0.15, -0.1) is 0 Å². The molecule has 0 aromatic heterocycles. The summed E-state index contributed by atoms with van der Waals surface area (Å²) in [5.41, 5.74) is 13.6. The first-order chi connectivity index (χ1) is 16.1. The fraction of sp³-hybridized carbons (Fsp3) is 0.273. The second kappa shape index (κ2) is 9.02. The quantitative estimate of drug-likeness (QED) is 0.252. The van der Waals surface area contributed by atoms with Crippen molar-refractivity contribution in [1.29, 1.82) is 0 Å². The third-order valence-electron chi connectivity index (χ3n) is 7.60. The van der Waals surface area contributed by atoms with Gasteiger partial charge in [-0.2, -0.15) is 0 Å². The Balaban J connectivity index is 1.52. The molecule has 0 amide bonds. The van der Waals surface area contributed by atoms with E-state index in [1.165, 1.54) is 55.6 Å². The average Bonchev–Trinajstić information content (AvgIpc) is 3.24. The molecule has 0 saturated carbocycles. The topological polar surface area (TPSA) is 0 Å². The van der Waals surface area contributed by atoms with Crippen molar-refractivity contribution in [3.05, 3.63) is 107 Å². The van der Waals surface area contributed by atoms with Gasteiger partial charge in [0, 0.05) is 0 Å². The molecule has 165 valence electrons. The van der Waals surface area contributed by atoms with Gasteiger partial charge in [0.2, 0.25) is 0 Å². The molecule has 0 bridgehead atoms. The van der Waals surface area contributed by atoms with Gasteiger partial charge in [-0.05, 0) is 92.8 Å². The fourth-order valence-electron chi connectivity index (χ4n) is 5.25. The molecular formula is C33H33. The van der Waals surface area contributed by atoms with Gasteiger partial charge in [0.05, 0.1) is 0 Å². The highest BCUT2D eigenvalue weighted by atomic mass is 14.2. The molecule has 0 N–H and O–H groups in total. The summed E-state index contributed by atoms with van der Waals surface area (Å²) in [5.74, 6) is 1.11. The number of hydrogen-bond donors (Lipinski definition) is 0. The maximum Gasteiger partial charge on any atom is -0.000684 e. The summed E-state index contributed by atoms with van der Waals surface area (Å²) in [4.78, 5) is 0. The van der Waals surface area contributed by atoms with E-state index in [1.54, 1.807) is 0 Å². The highest BCUT2D eigenvalue weighted by molar-refractivity contribution is 5.83. The van der Waals surface area contributed by atoms with Crippen LogP contribution in [0.15, 0.2) is 78.9 Å². The highest BCUT2D eigenvalue weighted by Crippen LogP contribution is 2.42. The third kappa shape index (κ3) is 3.93. The van der Waals surface area contributed by atoms with Gasteiger partial charge in [-0.3, -0.25) is 0 Å². The van der Waals surface area contributed by atoms with E-state index in [-0.39, 0.29) is 0 Å². The zero-order valence-electron chi connectivity index (χ0n) is 20.3. The van der Waals surface area contributed by atoms with E-state index < -0.39 is 0 Å². The Labute approximate surface area is 199 Å². The van der Waals surface area contributed by atoms with Gasteiger partial charge in [0.1, 0.15) is 0 Å². The molecule has 0 nitrogen and oxygen atoms in total. The lowest BCUT2D eigenvalue weighted by Crippen LogP contribution is -1.95. The van der Waals surface area contributed by atoms with Crippen LogP contribution >= 0.6 is 0 Å². The largest absolute Gasteiger partial charge is 0.0648 e. The van der Waals surface area contributed by atoms with Crippen LogP contribution in [0.2, 0.25) is 0 Å². The van der Waals surface area contributed by atoms with Gasteiger partial charge >= 0.3 is 0 Å². The Kier molecular flexibility index (Phi) is 5.94. The van der Waals surface area contributed by atoms with E-state index in [9.17, 15) is 0 Å². The number of benzene rings is 4. The molecule has 2 atom stereocenters. The molecule has 0 fully saturated rings. The number of rotatable bonds is 6. The lowest BCUT2D eigenvalue weighted by atomic mass is 9.89. The smallest absolute Gasteiger partial charge is 0.000684 e. The third-order valence-corrected chi connectivity index (χ3v) is 7.60. The van der Waals surface area contributed by atoms with Crippen molar-refractivity contribution in [1.82, 2.24) is 0 Å².